The van der Waals surface area contributed by atoms with Crippen LogP contribution in [0.5, 0.6) is 17.2 Å². The number of nitrogens with zero attached hydrogens (tertiary/aromatic N) is 2. The van der Waals surface area contributed by atoms with Gasteiger partial charge in [0, 0.05) is 24.2 Å². The van der Waals surface area contributed by atoms with Crippen molar-refractivity contribution in [2.24, 2.45) is 5.92 Å². The minimum Gasteiger partial charge on any atom is -0.497 e. The zero-order valence-corrected chi connectivity index (χ0v) is 18.7. The Labute approximate surface area is 196 Å². The molecule has 0 unspecified atom stereocenters. The number of anilines is 1. The Kier molecular flexibility index (Phi) is 6.11. The van der Waals surface area contributed by atoms with Crippen LogP contribution >= 0.6 is 0 Å². The Bertz CT molecular complexity index is 1280. The maximum Gasteiger partial charge on any atom is 0.231 e. The van der Waals surface area contributed by atoms with E-state index in [9.17, 15) is 4.79 Å². The first-order valence-corrected chi connectivity index (χ1v) is 10.9. The number of rotatable bonds is 7. The normalized spacial score (nSPS) is 14.6. The lowest BCUT2D eigenvalue weighted by atomic mass is 9.95. The van der Waals surface area contributed by atoms with E-state index in [1.807, 2.05) is 54.7 Å². The molecule has 2 aromatic heterocycles. The molecule has 0 fully saturated rings. The third-order valence-corrected chi connectivity index (χ3v) is 5.76. The van der Waals surface area contributed by atoms with Gasteiger partial charge in [-0.1, -0.05) is 6.07 Å². The van der Waals surface area contributed by atoms with Gasteiger partial charge in [0.2, 0.25) is 5.91 Å². The Hall–Kier alpha value is -4.33. The summed E-state index contributed by atoms with van der Waals surface area (Å²) >= 11 is 0. The Morgan fingerprint density at radius 2 is 2.03 bits per heavy atom. The van der Waals surface area contributed by atoms with Gasteiger partial charge >= 0.3 is 0 Å². The van der Waals surface area contributed by atoms with Crippen LogP contribution in [0.25, 0.3) is 11.1 Å². The van der Waals surface area contributed by atoms with E-state index in [1.54, 1.807) is 25.7 Å². The molecule has 8 heteroatoms. The molecule has 1 aliphatic heterocycles. The molecule has 2 N–H and O–H groups in total. The zero-order chi connectivity index (χ0) is 23.3. The fourth-order valence-electron chi connectivity index (χ4n) is 3.87. The predicted octanol–water partition coefficient (Wildman–Crippen LogP) is 4.25. The topological polar surface area (TPSA) is 98.4 Å². The van der Waals surface area contributed by atoms with E-state index in [4.69, 9.17) is 14.2 Å². The highest BCUT2D eigenvalue weighted by molar-refractivity contribution is 5.95. The van der Waals surface area contributed by atoms with Crippen LogP contribution in [0.3, 0.4) is 0 Å². The highest BCUT2D eigenvalue weighted by Crippen LogP contribution is 2.34. The summed E-state index contributed by atoms with van der Waals surface area (Å²) in [6.45, 7) is 0.658. The second kappa shape index (κ2) is 9.66. The van der Waals surface area contributed by atoms with Crippen LogP contribution in [0.1, 0.15) is 11.1 Å². The second-order valence-corrected chi connectivity index (χ2v) is 8.02. The molecule has 34 heavy (non-hydrogen) atoms. The summed E-state index contributed by atoms with van der Waals surface area (Å²) in [5, 5.41) is 9.88. The lowest BCUT2D eigenvalue weighted by Gasteiger charge is -2.25. The van der Waals surface area contributed by atoms with Gasteiger partial charge in [0.25, 0.3) is 0 Å². The van der Waals surface area contributed by atoms with Crippen molar-refractivity contribution < 1.29 is 19.0 Å². The lowest BCUT2D eigenvalue weighted by Crippen LogP contribution is -2.32. The Balaban J connectivity index is 1.36. The van der Waals surface area contributed by atoms with Crippen LogP contribution in [0.4, 0.5) is 5.69 Å². The van der Waals surface area contributed by atoms with Gasteiger partial charge in [0.05, 0.1) is 24.9 Å². The molecular weight excluding hydrogens is 432 g/mol. The van der Waals surface area contributed by atoms with Crippen molar-refractivity contribution in [2.75, 3.05) is 19.0 Å². The fraction of sp³-hybridized carbons (Fsp3) is 0.192. The largest absolute Gasteiger partial charge is 0.497 e. The maximum absolute atomic E-state index is 13.2. The van der Waals surface area contributed by atoms with E-state index in [0.29, 0.717) is 31.1 Å². The molecule has 1 aliphatic rings. The van der Waals surface area contributed by atoms with Gasteiger partial charge in [-0.05, 0) is 65.6 Å². The molecule has 3 heterocycles. The standard InChI is InChI=1S/C26H24N4O4/c1-32-22-3-5-24-19(11-22)10-20(16-34-24)26(31)30-23-4-2-18(21-13-28-29-14-21)12-25(23)33-15-17-6-8-27-9-7-17/h2-9,11-14,20H,10,15-16H2,1H3,(H,28,29)(H,30,31)/t20-/m0/s1. The lowest BCUT2D eigenvalue weighted by molar-refractivity contribution is -0.121. The van der Waals surface area contributed by atoms with Crippen molar-refractivity contribution in [3.8, 4) is 28.4 Å². The highest BCUT2D eigenvalue weighted by Gasteiger charge is 2.27. The number of hydrogen-bond acceptors (Lipinski definition) is 6. The van der Waals surface area contributed by atoms with Crippen LogP contribution in [0.2, 0.25) is 0 Å². The molecule has 5 rings (SSSR count). The summed E-state index contributed by atoms with van der Waals surface area (Å²) in [6.07, 6.45) is 7.56. The molecule has 1 amide bonds. The molecule has 0 aliphatic carbocycles. The molecule has 0 spiro atoms. The van der Waals surface area contributed by atoms with Gasteiger partial charge in [0.1, 0.15) is 30.5 Å². The predicted molar refractivity (Wildman–Crippen MR) is 127 cm³/mol. The van der Waals surface area contributed by atoms with E-state index in [1.165, 1.54) is 0 Å². The van der Waals surface area contributed by atoms with Crippen molar-refractivity contribution in [2.45, 2.75) is 13.0 Å². The van der Waals surface area contributed by atoms with Crippen LogP contribution in [0.15, 0.2) is 73.3 Å². The Morgan fingerprint density at radius 1 is 1.15 bits per heavy atom. The summed E-state index contributed by atoms with van der Waals surface area (Å²) in [5.74, 6) is 1.64. The third-order valence-electron chi connectivity index (χ3n) is 5.76. The second-order valence-electron chi connectivity index (χ2n) is 8.02. The van der Waals surface area contributed by atoms with Crippen LogP contribution in [0, 0.1) is 5.92 Å². The SMILES string of the molecule is COc1ccc2c(c1)C[C@H](C(=O)Nc1ccc(-c3cn[nH]c3)cc1OCc1ccncc1)CO2. The van der Waals surface area contributed by atoms with Crippen molar-refractivity contribution in [3.63, 3.8) is 0 Å². The monoisotopic (exact) mass is 456 g/mol. The number of fused-ring (bicyclic) bond motifs is 1. The van der Waals surface area contributed by atoms with Gasteiger partial charge in [-0.25, -0.2) is 0 Å². The molecular formula is C26H24N4O4. The van der Waals surface area contributed by atoms with Crippen molar-refractivity contribution in [1.29, 1.82) is 0 Å². The molecule has 4 aromatic rings. The van der Waals surface area contributed by atoms with Crippen LogP contribution < -0.4 is 19.5 Å². The maximum atomic E-state index is 13.2. The quantitative estimate of drug-likeness (QED) is 0.431. The molecule has 1 atom stereocenters. The molecule has 8 nitrogen and oxygen atoms in total. The van der Waals surface area contributed by atoms with E-state index in [-0.39, 0.29) is 11.8 Å². The molecule has 172 valence electrons. The number of nitrogens with one attached hydrogen (secondary N) is 2. The van der Waals surface area contributed by atoms with Crippen molar-refractivity contribution >= 4 is 11.6 Å². The van der Waals surface area contributed by atoms with E-state index >= 15 is 0 Å². The van der Waals surface area contributed by atoms with E-state index in [0.717, 1.165) is 33.8 Å². The smallest absolute Gasteiger partial charge is 0.231 e. The number of H-pyrrole nitrogens is 1. The van der Waals surface area contributed by atoms with Gasteiger partial charge in [-0.15, -0.1) is 0 Å². The number of ether oxygens (including phenoxy) is 3. The number of carbonyl (C=O) groups is 1. The first kappa shape index (κ1) is 21.5. The third kappa shape index (κ3) is 4.71. The minimum atomic E-state index is -0.332. The van der Waals surface area contributed by atoms with Crippen LogP contribution in [-0.4, -0.2) is 34.8 Å². The van der Waals surface area contributed by atoms with Gasteiger partial charge in [0.15, 0.2) is 0 Å². The molecule has 0 radical (unpaired) electrons. The number of pyridine rings is 1. The number of aromatic nitrogens is 3. The van der Waals surface area contributed by atoms with Gasteiger partial charge in [-0.3, -0.25) is 14.9 Å². The molecule has 0 saturated heterocycles. The summed E-state index contributed by atoms with van der Waals surface area (Å²) in [6, 6.07) is 15.1. The van der Waals surface area contributed by atoms with Crippen LogP contribution in [-0.2, 0) is 17.8 Å². The van der Waals surface area contributed by atoms with Crippen molar-refractivity contribution in [3.05, 3.63) is 84.4 Å². The molecule has 2 aromatic carbocycles. The number of hydrogen-bond donors (Lipinski definition) is 2. The average molecular weight is 457 g/mol. The number of carbonyl (C=O) groups excluding carboxylic acids is 1. The number of methoxy groups -OCH3 is 1. The summed E-state index contributed by atoms with van der Waals surface area (Å²) in [5.41, 5.74) is 4.39. The fourth-order valence-corrected chi connectivity index (χ4v) is 3.87. The van der Waals surface area contributed by atoms with E-state index < -0.39 is 0 Å². The average Bonchev–Trinajstić information content (AvgIpc) is 3.43. The number of amides is 1. The van der Waals surface area contributed by atoms with Gasteiger partial charge in [-0.2, -0.15) is 5.10 Å². The van der Waals surface area contributed by atoms with Gasteiger partial charge < -0.3 is 19.5 Å². The highest BCUT2D eigenvalue weighted by atomic mass is 16.5. The summed E-state index contributed by atoms with van der Waals surface area (Å²) in [4.78, 5) is 17.2. The summed E-state index contributed by atoms with van der Waals surface area (Å²) in [7, 11) is 1.62. The number of benzene rings is 2. The van der Waals surface area contributed by atoms with E-state index in [2.05, 4.69) is 20.5 Å². The zero-order valence-electron chi connectivity index (χ0n) is 18.7. The summed E-state index contributed by atoms with van der Waals surface area (Å²) < 4.78 is 17.3. The van der Waals surface area contributed by atoms with Crippen molar-refractivity contribution in [1.82, 2.24) is 15.2 Å². The molecule has 0 saturated carbocycles. The minimum absolute atomic E-state index is 0.127. The first-order chi connectivity index (χ1) is 16.7. The molecule has 0 bridgehead atoms. The first-order valence-electron chi connectivity index (χ1n) is 10.9. The number of aromatic amines is 1. The Morgan fingerprint density at radius 3 is 2.82 bits per heavy atom.